The highest BCUT2D eigenvalue weighted by molar-refractivity contribution is 5.93. The zero-order valence-electron chi connectivity index (χ0n) is 14.5. The summed E-state index contributed by atoms with van der Waals surface area (Å²) >= 11 is 0. The maximum Gasteiger partial charge on any atom is 0.227 e. The van der Waals surface area contributed by atoms with Crippen molar-refractivity contribution in [2.45, 2.75) is 25.9 Å². The maximum atomic E-state index is 12.4. The van der Waals surface area contributed by atoms with Crippen LogP contribution in [0.25, 0.3) is 0 Å². The third-order valence-corrected chi connectivity index (χ3v) is 4.58. The minimum atomic E-state index is 0. The van der Waals surface area contributed by atoms with Crippen molar-refractivity contribution in [1.82, 2.24) is 4.98 Å². The standard InChI is InChI=1S/C19H23N3O2.2ClH/c20-12-15-2-1-3-18(15)19(23)22-16-4-6-17(7-5-16)24-13-14-8-10-21-11-9-14;;/h4-11,15,18H,1-3,12-13,20H2,(H,22,23);2*1H/t15-,18-;;/m1../s1. The Hall–Kier alpha value is -1.82. The number of aromatic nitrogens is 1. The third kappa shape index (κ3) is 5.87. The van der Waals surface area contributed by atoms with E-state index in [9.17, 15) is 4.79 Å². The minimum absolute atomic E-state index is 0. The molecule has 0 saturated heterocycles. The first-order chi connectivity index (χ1) is 11.8. The molecule has 1 fully saturated rings. The molecule has 3 N–H and O–H groups in total. The number of nitrogens with zero attached hydrogens (tertiary/aromatic N) is 1. The fraction of sp³-hybridized carbons (Fsp3) is 0.368. The minimum Gasteiger partial charge on any atom is -0.489 e. The van der Waals surface area contributed by atoms with Crippen LogP contribution in [0.5, 0.6) is 5.75 Å². The average molecular weight is 398 g/mol. The molecule has 142 valence electrons. The maximum absolute atomic E-state index is 12.4. The summed E-state index contributed by atoms with van der Waals surface area (Å²) in [6.45, 7) is 1.08. The molecule has 1 aliphatic rings. The molecule has 7 heteroatoms. The molecule has 0 spiro atoms. The highest BCUT2D eigenvalue weighted by atomic mass is 35.5. The number of benzene rings is 1. The van der Waals surface area contributed by atoms with E-state index in [4.69, 9.17) is 10.5 Å². The molecular formula is C19H25Cl2N3O2. The fourth-order valence-electron chi connectivity index (χ4n) is 3.18. The second-order valence-corrected chi connectivity index (χ2v) is 6.19. The quantitative estimate of drug-likeness (QED) is 0.776. The van der Waals surface area contributed by atoms with E-state index in [0.717, 1.165) is 36.3 Å². The number of pyridine rings is 1. The second kappa shape index (κ2) is 11.0. The highest BCUT2D eigenvalue weighted by Gasteiger charge is 2.31. The Balaban J connectivity index is 0.00000169. The van der Waals surface area contributed by atoms with Crippen LogP contribution in [0.1, 0.15) is 24.8 Å². The molecule has 0 bridgehead atoms. The number of hydrogen-bond donors (Lipinski definition) is 2. The smallest absolute Gasteiger partial charge is 0.227 e. The number of carbonyl (C=O) groups is 1. The highest BCUT2D eigenvalue weighted by Crippen LogP contribution is 2.32. The number of rotatable bonds is 6. The molecule has 1 aliphatic carbocycles. The first kappa shape index (κ1) is 22.2. The van der Waals surface area contributed by atoms with Gasteiger partial charge in [0.05, 0.1) is 0 Å². The van der Waals surface area contributed by atoms with Gasteiger partial charge in [0.25, 0.3) is 0 Å². The molecule has 26 heavy (non-hydrogen) atoms. The summed E-state index contributed by atoms with van der Waals surface area (Å²) in [5.74, 6) is 1.20. The Morgan fingerprint density at radius 1 is 1.12 bits per heavy atom. The van der Waals surface area contributed by atoms with Crippen molar-refractivity contribution in [2.75, 3.05) is 11.9 Å². The zero-order valence-corrected chi connectivity index (χ0v) is 16.1. The van der Waals surface area contributed by atoms with Crippen molar-refractivity contribution in [3.63, 3.8) is 0 Å². The first-order valence-electron chi connectivity index (χ1n) is 8.39. The van der Waals surface area contributed by atoms with Gasteiger partial charge in [-0.1, -0.05) is 6.42 Å². The number of carbonyl (C=O) groups excluding carboxylic acids is 1. The third-order valence-electron chi connectivity index (χ3n) is 4.58. The second-order valence-electron chi connectivity index (χ2n) is 6.19. The van der Waals surface area contributed by atoms with Crippen LogP contribution in [0.15, 0.2) is 48.8 Å². The summed E-state index contributed by atoms with van der Waals surface area (Å²) in [6, 6.07) is 11.3. The molecule has 0 aliphatic heterocycles. The van der Waals surface area contributed by atoms with E-state index in [0.29, 0.717) is 19.1 Å². The lowest BCUT2D eigenvalue weighted by Crippen LogP contribution is -2.29. The summed E-state index contributed by atoms with van der Waals surface area (Å²) in [5, 5.41) is 2.99. The number of halogens is 2. The van der Waals surface area contributed by atoms with Gasteiger partial charge in [-0.15, -0.1) is 24.8 Å². The average Bonchev–Trinajstić information content (AvgIpc) is 3.11. The SMILES string of the molecule is Cl.Cl.NC[C@H]1CCC[C@H]1C(=O)Nc1ccc(OCc2ccncc2)cc1. The number of anilines is 1. The summed E-state index contributed by atoms with van der Waals surface area (Å²) in [7, 11) is 0. The van der Waals surface area contributed by atoms with Crippen molar-refractivity contribution in [3.8, 4) is 5.75 Å². The van der Waals surface area contributed by atoms with Gasteiger partial charge in [0.15, 0.2) is 0 Å². The molecule has 1 heterocycles. The van der Waals surface area contributed by atoms with E-state index in [1.165, 1.54) is 0 Å². The summed E-state index contributed by atoms with van der Waals surface area (Å²) in [5.41, 5.74) is 7.61. The monoisotopic (exact) mass is 397 g/mol. The van der Waals surface area contributed by atoms with Crippen LogP contribution >= 0.6 is 24.8 Å². The Morgan fingerprint density at radius 2 is 1.81 bits per heavy atom. The van der Waals surface area contributed by atoms with E-state index < -0.39 is 0 Å². The van der Waals surface area contributed by atoms with E-state index in [-0.39, 0.29) is 36.6 Å². The van der Waals surface area contributed by atoms with Gasteiger partial charge < -0.3 is 15.8 Å². The molecule has 2 aromatic rings. The molecule has 3 rings (SSSR count). The molecule has 0 unspecified atom stereocenters. The van der Waals surface area contributed by atoms with Gasteiger partial charge in [-0.25, -0.2) is 0 Å². The van der Waals surface area contributed by atoms with Crippen LogP contribution in [-0.2, 0) is 11.4 Å². The van der Waals surface area contributed by atoms with E-state index >= 15 is 0 Å². The molecule has 0 radical (unpaired) electrons. The van der Waals surface area contributed by atoms with Gasteiger partial charge >= 0.3 is 0 Å². The number of hydrogen-bond acceptors (Lipinski definition) is 4. The van der Waals surface area contributed by atoms with Gasteiger partial charge in [0, 0.05) is 24.0 Å². The van der Waals surface area contributed by atoms with Gasteiger partial charge in [0.1, 0.15) is 12.4 Å². The largest absolute Gasteiger partial charge is 0.489 e. The lowest BCUT2D eigenvalue weighted by atomic mass is 9.95. The molecule has 1 amide bonds. The van der Waals surface area contributed by atoms with Crippen LogP contribution in [-0.4, -0.2) is 17.4 Å². The van der Waals surface area contributed by atoms with Gasteiger partial charge in [-0.2, -0.15) is 0 Å². The molecular weight excluding hydrogens is 373 g/mol. The van der Waals surface area contributed by atoms with Crippen LogP contribution < -0.4 is 15.8 Å². The Labute approximate surface area is 166 Å². The van der Waals surface area contributed by atoms with Crippen LogP contribution in [0.3, 0.4) is 0 Å². The summed E-state index contributed by atoms with van der Waals surface area (Å²) in [6.07, 6.45) is 6.56. The zero-order chi connectivity index (χ0) is 16.8. The van der Waals surface area contributed by atoms with Crippen molar-refractivity contribution in [3.05, 3.63) is 54.4 Å². The molecule has 1 aromatic heterocycles. The normalized spacial score (nSPS) is 18.3. The van der Waals surface area contributed by atoms with Gasteiger partial charge in [-0.05, 0) is 67.3 Å². The van der Waals surface area contributed by atoms with Crippen molar-refractivity contribution in [1.29, 1.82) is 0 Å². The van der Waals surface area contributed by atoms with Crippen LogP contribution in [0.2, 0.25) is 0 Å². The predicted octanol–water partition coefficient (Wildman–Crippen LogP) is 3.82. The number of nitrogens with two attached hydrogens (primary N) is 1. The topological polar surface area (TPSA) is 77.2 Å². The lowest BCUT2D eigenvalue weighted by molar-refractivity contribution is -0.120. The fourth-order valence-corrected chi connectivity index (χ4v) is 3.18. The van der Waals surface area contributed by atoms with Gasteiger partial charge in [-0.3, -0.25) is 9.78 Å². The van der Waals surface area contributed by atoms with Crippen molar-refractivity contribution < 1.29 is 9.53 Å². The van der Waals surface area contributed by atoms with Crippen molar-refractivity contribution in [2.24, 2.45) is 17.6 Å². The lowest BCUT2D eigenvalue weighted by Gasteiger charge is -2.17. The van der Waals surface area contributed by atoms with Gasteiger partial charge in [0.2, 0.25) is 5.91 Å². The van der Waals surface area contributed by atoms with E-state index in [2.05, 4.69) is 10.3 Å². The summed E-state index contributed by atoms with van der Waals surface area (Å²) < 4.78 is 5.73. The first-order valence-corrected chi connectivity index (χ1v) is 8.39. The molecule has 1 aromatic carbocycles. The van der Waals surface area contributed by atoms with E-state index in [1.54, 1.807) is 12.4 Å². The molecule has 2 atom stereocenters. The molecule has 1 saturated carbocycles. The van der Waals surface area contributed by atoms with Crippen LogP contribution in [0, 0.1) is 11.8 Å². The number of nitrogens with one attached hydrogen (secondary N) is 1. The van der Waals surface area contributed by atoms with E-state index in [1.807, 2.05) is 36.4 Å². The van der Waals surface area contributed by atoms with Crippen molar-refractivity contribution >= 4 is 36.4 Å². The predicted molar refractivity (Wildman–Crippen MR) is 108 cm³/mol. The summed E-state index contributed by atoms with van der Waals surface area (Å²) in [4.78, 5) is 16.4. The Morgan fingerprint density at radius 3 is 2.46 bits per heavy atom. The molecule has 5 nitrogen and oxygen atoms in total. The number of ether oxygens (including phenoxy) is 1. The Kier molecular flexibility index (Phi) is 9.41. The Bertz CT molecular complexity index is 668. The number of amides is 1. The van der Waals surface area contributed by atoms with Crippen LogP contribution in [0.4, 0.5) is 5.69 Å².